The molecule has 0 saturated carbocycles. The lowest BCUT2D eigenvalue weighted by molar-refractivity contribution is -0.115. The number of hydrogen-bond acceptors (Lipinski definition) is 3. The van der Waals surface area contributed by atoms with Crippen LogP contribution >= 0.6 is 11.3 Å². The zero-order valence-electron chi connectivity index (χ0n) is 5.99. The normalized spacial score (nSPS) is 12.5. The van der Waals surface area contributed by atoms with E-state index in [1.807, 2.05) is 17.5 Å². The van der Waals surface area contributed by atoms with Crippen molar-refractivity contribution in [2.45, 2.75) is 6.04 Å². The largest absolute Gasteiger partial charge is 0.317 e. The monoisotopic (exact) mass is 167 g/mol. The highest BCUT2D eigenvalue weighted by molar-refractivity contribution is 7.10. The molecule has 1 rings (SSSR count). The Morgan fingerprint density at radius 1 is 1.82 bits per heavy atom. The average Bonchev–Trinajstić information content (AvgIpc) is 2.53. The van der Waals surface area contributed by atoms with Crippen LogP contribution in [0.15, 0.2) is 30.2 Å². The highest BCUT2D eigenvalue weighted by Gasteiger charge is 2.12. The molecule has 1 atom stereocenters. The summed E-state index contributed by atoms with van der Waals surface area (Å²) < 4.78 is 0. The fourth-order valence-electron chi connectivity index (χ4n) is 0.735. The zero-order valence-corrected chi connectivity index (χ0v) is 6.80. The topological polar surface area (TPSA) is 43.1 Å². The standard InChI is InChI=1S/C8H9NOS/c1-2-6(10)8(9)7-4-3-5-11-7/h2-5,8H,1,9H2. The lowest BCUT2D eigenvalue weighted by Gasteiger charge is -2.02. The Balaban J connectivity index is 2.77. The lowest BCUT2D eigenvalue weighted by Crippen LogP contribution is -2.17. The van der Waals surface area contributed by atoms with Crippen molar-refractivity contribution in [1.82, 2.24) is 0 Å². The van der Waals surface area contributed by atoms with Crippen LogP contribution in [0.3, 0.4) is 0 Å². The Morgan fingerprint density at radius 2 is 2.55 bits per heavy atom. The summed E-state index contributed by atoms with van der Waals surface area (Å²) in [4.78, 5) is 11.9. The second-order valence-electron chi connectivity index (χ2n) is 2.10. The molecule has 58 valence electrons. The third-order valence-electron chi connectivity index (χ3n) is 1.36. The van der Waals surface area contributed by atoms with Crippen LogP contribution in [0, 0.1) is 0 Å². The maximum absolute atomic E-state index is 11.0. The van der Waals surface area contributed by atoms with Gasteiger partial charge < -0.3 is 5.73 Å². The SMILES string of the molecule is C=CC(=O)C(N)c1cccs1. The first-order chi connectivity index (χ1) is 5.25. The van der Waals surface area contributed by atoms with E-state index in [0.29, 0.717) is 0 Å². The Morgan fingerprint density at radius 3 is 3.00 bits per heavy atom. The Labute approximate surface area is 69.3 Å². The molecule has 2 N–H and O–H groups in total. The maximum atomic E-state index is 11.0. The molecule has 0 aliphatic rings. The van der Waals surface area contributed by atoms with Gasteiger partial charge in [-0.05, 0) is 17.5 Å². The second-order valence-corrected chi connectivity index (χ2v) is 3.08. The molecule has 1 unspecified atom stereocenters. The van der Waals surface area contributed by atoms with E-state index in [2.05, 4.69) is 6.58 Å². The van der Waals surface area contributed by atoms with E-state index < -0.39 is 6.04 Å². The van der Waals surface area contributed by atoms with E-state index in [-0.39, 0.29) is 5.78 Å². The van der Waals surface area contributed by atoms with Crippen LogP contribution < -0.4 is 5.73 Å². The summed E-state index contributed by atoms with van der Waals surface area (Å²) in [5.74, 6) is -0.132. The van der Waals surface area contributed by atoms with Crippen molar-refractivity contribution in [1.29, 1.82) is 0 Å². The molecule has 0 aliphatic carbocycles. The van der Waals surface area contributed by atoms with E-state index in [1.165, 1.54) is 17.4 Å². The summed E-state index contributed by atoms with van der Waals surface area (Å²) in [6.07, 6.45) is 1.25. The van der Waals surface area contributed by atoms with Crippen molar-refractivity contribution in [3.8, 4) is 0 Å². The molecule has 1 aromatic heterocycles. The van der Waals surface area contributed by atoms with Crippen molar-refractivity contribution < 1.29 is 4.79 Å². The van der Waals surface area contributed by atoms with Gasteiger partial charge in [-0.1, -0.05) is 12.6 Å². The van der Waals surface area contributed by atoms with Gasteiger partial charge in [0.1, 0.15) is 6.04 Å². The molecule has 3 heteroatoms. The number of carbonyl (C=O) groups is 1. The van der Waals surface area contributed by atoms with E-state index in [9.17, 15) is 4.79 Å². The molecule has 1 aromatic rings. The Kier molecular flexibility index (Phi) is 2.57. The summed E-state index contributed by atoms with van der Waals surface area (Å²) >= 11 is 1.48. The predicted molar refractivity (Wildman–Crippen MR) is 46.5 cm³/mol. The summed E-state index contributed by atoms with van der Waals surface area (Å²) in [5, 5.41) is 1.89. The molecule has 1 heterocycles. The van der Waals surface area contributed by atoms with Gasteiger partial charge in [0, 0.05) is 4.88 Å². The third kappa shape index (κ3) is 1.76. The van der Waals surface area contributed by atoms with E-state index >= 15 is 0 Å². The Hall–Kier alpha value is -0.930. The van der Waals surface area contributed by atoms with Crippen LogP contribution in [0.2, 0.25) is 0 Å². The highest BCUT2D eigenvalue weighted by atomic mass is 32.1. The molecule has 0 saturated heterocycles. The van der Waals surface area contributed by atoms with Gasteiger partial charge in [-0.2, -0.15) is 0 Å². The quantitative estimate of drug-likeness (QED) is 0.693. The zero-order chi connectivity index (χ0) is 8.27. The van der Waals surface area contributed by atoms with Crippen molar-refractivity contribution in [3.63, 3.8) is 0 Å². The number of thiophene rings is 1. The van der Waals surface area contributed by atoms with Gasteiger partial charge in [0.05, 0.1) is 0 Å². The van der Waals surface area contributed by atoms with Gasteiger partial charge in [0.2, 0.25) is 0 Å². The van der Waals surface area contributed by atoms with E-state index in [0.717, 1.165) is 4.88 Å². The number of ketones is 1. The van der Waals surface area contributed by atoms with Crippen LogP contribution in [-0.2, 0) is 4.79 Å². The van der Waals surface area contributed by atoms with E-state index in [1.54, 1.807) is 0 Å². The van der Waals surface area contributed by atoms with Gasteiger partial charge in [0.15, 0.2) is 5.78 Å². The molecule has 0 aliphatic heterocycles. The van der Waals surface area contributed by atoms with E-state index in [4.69, 9.17) is 5.73 Å². The number of hydrogen-bond donors (Lipinski definition) is 1. The average molecular weight is 167 g/mol. The van der Waals surface area contributed by atoms with Gasteiger partial charge in [-0.25, -0.2) is 0 Å². The fraction of sp³-hybridized carbons (Fsp3) is 0.125. The van der Waals surface area contributed by atoms with Gasteiger partial charge in [-0.15, -0.1) is 11.3 Å². The molecule has 2 nitrogen and oxygen atoms in total. The summed E-state index contributed by atoms with van der Waals surface area (Å²) in [5.41, 5.74) is 5.58. The molecule has 0 aromatic carbocycles. The molecule has 0 spiro atoms. The summed E-state index contributed by atoms with van der Waals surface area (Å²) in [6, 6.07) is 3.19. The van der Waals surface area contributed by atoms with Crippen LogP contribution in [0.5, 0.6) is 0 Å². The van der Waals surface area contributed by atoms with Crippen LogP contribution in [0.1, 0.15) is 10.9 Å². The van der Waals surface area contributed by atoms with Crippen LogP contribution in [0.4, 0.5) is 0 Å². The molecule has 0 bridgehead atoms. The molecule has 0 fully saturated rings. The van der Waals surface area contributed by atoms with Gasteiger partial charge in [0.25, 0.3) is 0 Å². The van der Waals surface area contributed by atoms with Crippen molar-refractivity contribution in [2.75, 3.05) is 0 Å². The minimum atomic E-state index is -0.521. The van der Waals surface area contributed by atoms with Gasteiger partial charge in [-0.3, -0.25) is 4.79 Å². The first-order valence-electron chi connectivity index (χ1n) is 3.21. The fourth-order valence-corrected chi connectivity index (χ4v) is 1.47. The highest BCUT2D eigenvalue weighted by Crippen LogP contribution is 2.17. The molecular weight excluding hydrogens is 158 g/mol. The van der Waals surface area contributed by atoms with Crippen molar-refractivity contribution in [3.05, 3.63) is 35.0 Å². The van der Waals surface area contributed by atoms with Crippen LogP contribution in [0.25, 0.3) is 0 Å². The number of carbonyl (C=O) groups excluding carboxylic acids is 1. The smallest absolute Gasteiger partial charge is 0.177 e. The van der Waals surface area contributed by atoms with Crippen molar-refractivity contribution >= 4 is 17.1 Å². The lowest BCUT2D eigenvalue weighted by atomic mass is 10.2. The summed E-state index contributed by atoms with van der Waals surface area (Å²) in [6.45, 7) is 3.37. The van der Waals surface area contributed by atoms with Crippen molar-refractivity contribution in [2.24, 2.45) is 5.73 Å². The third-order valence-corrected chi connectivity index (χ3v) is 2.31. The Bertz CT molecular complexity index is 253. The molecule has 0 amide bonds. The maximum Gasteiger partial charge on any atom is 0.177 e. The summed E-state index contributed by atoms with van der Waals surface area (Å²) in [7, 11) is 0. The molecule has 11 heavy (non-hydrogen) atoms. The number of nitrogens with two attached hydrogens (primary N) is 1. The van der Waals surface area contributed by atoms with Gasteiger partial charge >= 0.3 is 0 Å². The van der Waals surface area contributed by atoms with Crippen LogP contribution in [-0.4, -0.2) is 5.78 Å². The second kappa shape index (κ2) is 3.46. The first-order valence-corrected chi connectivity index (χ1v) is 4.09. The molecular formula is C8H9NOS. The number of rotatable bonds is 3. The predicted octanol–water partition coefficient (Wildman–Crippen LogP) is 1.50. The first kappa shape index (κ1) is 8.17. The minimum Gasteiger partial charge on any atom is -0.317 e. The minimum absolute atomic E-state index is 0.132. The molecule has 0 radical (unpaired) electrons.